The van der Waals surface area contributed by atoms with Crippen LogP contribution in [0.1, 0.15) is 12.8 Å². The Morgan fingerprint density at radius 2 is 2.11 bits per heavy atom. The first-order chi connectivity index (χ1) is 8.46. The third-order valence-electron chi connectivity index (χ3n) is 3.33. The molecule has 0 aromatic carbocycles. The molecule has 2 N–H and O–H groups in total. The quantitative estimate of drug-likeness (QED) is 0.876. The number of rotatable bonds is 3. The van der Waals surface area contributed by atoms with Gasteiger partial charge in [0.2, 0.25) is 5.03 Å². The van der Waals surface area contributed by atoms with Crippen molar-refractivity contribution in [1.82, 2.24) is 13.9 Å². The first-order valence-corrected chi connectivity index (χ1v) is 7.65. The Hall–Kier alpha value is -0.630. The zero-order valence-electron chi connectivity index (χ0n) is 10.2. The van der Waals surface area contributed by atoms with E-state index in [4.69, 9.17) is 17.3 Å². The summed E-state index contributed by atoms with van der Waals surface area (Å²) < 4.78 is 27.6. The van der Waals surface area contributed by atoms with Crippen molar-refractivity contribution < 1.29 is 8.42 Å². The fourth-order valence-electron chi connectivity index (χ4n) is 2.07. The van der Waals surface area contributed by atoms with E-state index in [-0.39, 0.29) is 10.2 Å². The summed E-state index contributed by atoms with van der Waals surface area (Å²) in [6, 6.07) is 0. The molecule has 1 aliphatic rings. The van der Waals surface area contributed by atoms with Crippen LogP contribution < -0.4 is 5.73 Å². The van der Waals surface area contributed by atoms with Gasteiger partial charge in [0.05, 0.1) is 6.33 Å². The summed E-state index contributed by atoms with van der Waals surface area (Å²) in [5.41, 5.74) is 5.59. The number of nitrogens with two attached hydrogens (primary N) is 1. The Balaban J connectivity index is 2.20. The minimum absolute atomic E-state index is 0.0575. The van der Waals surface area contributed by atoms with Crippen molar-refractivity contribution >= 4 is 21.6 Å². The minimum atomic E-state index is -3.57. The fourth-order valence-corrected chi connectivity index (χ4v) is 3.93. The van der Waals surface area contributed by atoms with Gasteiger partial charge in [-0.2, -0.15) is 4.31 Å². The van der Waals surface area contributed by atoms with E-state index in [2.05, 4.69) is 4.98 Å². The maximum atomic E-state index is 12.4. The molecule has 1 aromatic heterocycles. The maximum Gasteiger partial charge on any atom is 0.263 e. The van der Waals surface area contributed by atoms with Crippen molar-refractivity contribution in [3.63, 3.8) is 0 Å². The van der Waals surface area contributed by atoms with E-state index in [0.29, 0.717) is 25.6 Å². The van der Waals surface area contributed by atoms with Crippen molar-refractivity contribution in [2.75, 3.05) is 19.6 Å². The number of halogens is 1. The van der Waals surface area contributed by atoms with Crippen molar-refractivity contribution in [3.8, 4) is 0 Å². The molecule has 0 amide bonds. The number of sulfonamides is 1. The molecule has 0 bridgehead atoms. The van der Waals surface area contributed by atoms with Crippen LogP contribution in [0.5, 0.6) is 0 Å². The van der Waals surface area contributed by atoms with Gasteiger partial charge in [0.1, 0.15) is 5.15 Å². The number of imidazole rings is 1. The van der Waals surface area contributed by atoms with Gasteiger partial charge in [0.15, 0.2) is 0 Å². The monoisotopic (exact) mass is 292 g/mol. The molecule has 6 nitrogen and oxygen atoms in total. The molecular weight excluding hydrogens is 276 g/mol. The number of hydrogen-bond acceptors (Lipinski definition) is 4. The standard InChI is InChI=1S/C10H17ClN4O2S/c1-14-7-13-10(9(14)11)18(16,17)15-4-2-8(6-12)3-5-15/h7-8H,2-6,12H2,1H3. The summed E-state index contributed by atoms with van der Waals surface area (Å²) in [6.45, 7) is 1.58. The van der Waals surface area contributed by atoms with Gasteiger partial charge < -0.3 is 10.3 Å². The van der Waals surface area contributed by atoms with Crippen LogP contribution in [-0.2, 0) is 17.1 Å². The van der Waals surface area contributed by atoms with Gasteiger partial charge >= 0.3 is 0 Å². The fraction of sp³-hybridized carbons (Fsp3) is 0.700. The maximum absolute atomic E-state index is 12.4. The molecule has 1 saturated heterocycles. The lowest BCUT2D eigenvalue weighted by atomic mass is 9.99. The Labute approximate surface area is 112 Å². The van der Waals surface area contributed by atoms with Crippen molar-refractivity contribution in [2.24, 2.45) is 18.7 Å². The molecular formula is C10H17ClN4O2S. The van der Waals surface area contributed by atoms with E-state index in [1.54, 1.807) is 7.05 Å². The summed E-state index contributed by atoms with van der Waals surface area (Å²) in [5.74, 6) is 0.413. The first-order valence-electron chi connectivity index (χ1n) is 5.84. The van der Waals surface area contributed by atoms with Crippen LogP contribution in [0.3, 0.4) is 0 Å². The molecule has 18 heavy (non-hydrogen) atoms. The second-order valence-corrected chi connectivity index (χ2v) is 6.75. The predicted molar refractivity (Wildman–Crippen MR) is 68.8 cm³/mol. The molecule has 8 heteroatoms. The molecule has 1 aliphatic heterocycles. The number of nitrogens with zero attached hydrogens (tertiary/aromatic N) is 3. The lowest BCUT2D eigenvalue weighted by Crippen LogP contribution is -2.40. The van der Waals surface area contributed by atoms with Crippen LogP contribution in [-0.4, -0.2) is 41.9 Å². The molecule has 1 fully saturated rings. The Kier molecular flexibility index (Phi) is 3.96. The third kappa shape index (κ3) is 2.40. The van der Waals surface area contributed by atoms with Crippen LogP contribution >= 0.6 is 11.6 Å². The topological polar surface area (TPSA) is 81.2 Å². The SMILES string of the molecule is Cn1cnc(S(=O)(=O)N2CCC(CN)CC2)c1Cl. The van der Waals surface area contributed by atoms with Gasteiger partial charge in [-0.15, -0.1) is 0 Å². The van der Waals surface area contributed by atoms with Crippen molar-refractivity contribution in [3.05, 3.63) is 11.5 Å². The largest absolute Gasteiger partial charge is 0.330 e. The molecule has 102 valence electrons. The molecule has 0 atom stereocenters. The second-order valence-electron chi connectivity index (χ2n) is 4.53. The van der Waals surface area contributed by atoms with Gasteiger partial charge in [-0.1, -0.05) is 11.6 Å². The first kappa shape index (κ1) is 13.8. The Bertz CT molecular complexity index is 520. The number of piperidine rings is 1. The minimum Gasteiger partial charge on any atom is -0.330 e. The zero-order chi connectivity index (χ0) is 13.3. The Morgan fingerprint density at radius 3 is 2.56 bits per heavy atom. The number of aryl methyl sites for hydroxylation is 1. The molecule has 2 heterocycles. The van der Waals surface area contributed by atoms with Gasteiger partial charge in [-0.3, -0.25) is 0 Å². The highest BCUT2D eigenvalue weighted by atomic mass is 35.5. The average molecular weight is 293 g/mol. The molecule has 0 radical (unpaired) electrons. The van der Waals surface area contributed by atoms with Crippen LogP contribution in [0.15, 0.2) is 11.4 Å². The lowest BCUT2D eigenvalue weighted by molar-refractivity contribution is 0.278. The average Bonchev–Trinajstić information content (AvgIpc) is 2.70. The summed E-state index contributed by atoms with van der Waals surface area (Å²) >= 11 is 5.94. The highest BCUT2D eigenvalue weighted by molar-refractivity contribution is 7.89. The second kappa shape index (κ2) is 5.16. The highest BCUT2D eigenvalue weighted by Gasteiger charge is 2.32. The van der Waals surface area contributed by atoms with E-state index in [9.17, 15) is 8.42 Å². The lowest BCUT2D eigenvalue weighted by Gasteiger charge is -2.29. The summed E-state index contributed by atoms with van der Waals surface area (Å²) in [7, 11) is -1.91. The normalized spacial score (nSPS) is 19.3. The third-order valence-corrected chi connectivity index (χ3v) is 5.72. The van der Waals surface area contributed by atoms with E-state index in [1.165, 1.54) is 15.2 Å². The van der Waals surface area contributed by atoms with E-state index < -0.39 is 10.0 Å². The van der Waals surface area contributed by atoms with Gasteiger partial charge in [-0.25, -0.2) is 13.4 Å². The molecule has 0 spiro atoms. The molecule has 2 rings (SSSR count). The summed E-state index contributed by atoms with van der Waals surface area (Å²) in [6.07, 6.45) is 2.99. The van der Waals surface area contributed by atoms with Gasteiger partial charge in [0, 0.05) is 20.1 Å². The van der Waals surface area contributed by atoms with Crippen LogP contribution in [0.2, 0.25) is 5.15 Å². The Morgan fingerprint density at radius 1 is 1.50 bits per heavy atom. The van der Waals surface area contributed by atoms with E-state index in [0.717, 1.165) is 12.8 Å². The van der Waals surface area contributed by atoms with Crippen molar-refractivity contribution in [2.45, 2.75) is 17.9 Å². The van der Waals surface area contributed by atoms with Crippen LogP contribution in [0.25, 0.3) is 0 Å². The van der Waals surface area contributed by atoms with Crippen LogP contribution in [0.4, 0.5) is 0 Å². The smallest absolute Gasteiger partial charge is 0.263 e. The zero-order valence-corrected chi connectivity index (χ0v) is 11.8. The molecule has 1 aromatic rings. The van der Waals surface area contributed by atoms with Crippen LogP contribution in [0, 0.1) is 5.92 Å². The van der Waals surface area contributed by atoms with Gasteiger partial charge in [-0.05, 0) is 25.3 Å². The van der Waals surface area contributed by atoms with Gasteiger partial charge in [0.25, 0.3) is 10.0 Å². The van der Waals surface area contributed by atoms with E-state index in [1.807, 2.05) is 0 Å². The van der Waals surface area contributed by atoms with E-state index >= 15 is 0 Å². The summed E-state index contributed by atoms with van der Waals surface area (Å²) in [5, 5.41) is 0.0915. The van der Waals surface area contributed by atoms with Crippen molar-refractivity contribution in [1.29, 1.82) is 0 Å². The molecule has 0 unspecified atom stereocenters. The summed E-state index contributed by atoms with van der Waals surface area (Å²) in [4.78, 5) is 3.88. The number of aromatic nitrogens is 2. The molecule has 0 saturated carbocycles. The molecule has 0 aliphatic carbocycles. The predicted octanol–water partition coefficient (Wildman–Crippen LogP) is 0.433. The highest BCUT2D eigenvalue weighted by Crippen LogP contribution is 2.26. The number of hydrogen-bond donors (Lipinski definition) is 1.